The third kappa shape index (κ3) is 6.00. The Morgan fingerprint density at radius 2 is 1.80 bits per heavy atom. The van der Waals surface area contributed by atoms with Crippen LogP contribution in [0.4, 0.5) is 13.2 Å². The van der Waals surface area contributed by atoms with Gasteiger partial charge in [-0.15, -0.1) is 0 Å². The van der Waals surface area contributed by atoms with Crippen molar-refractivity contribution < 1.29 is 13.2 Å². The molecule has 1 rings (SSSR count). The first kappa shape index (κ1) is 17.1. The van der Waals surface area contributed by atoms with Crippen LogP contribution in [-0.2, 0) is 6.18 Å². The van der Waals surface area contributed by atoms with Crippen molar-refractivity contribution in [3.05, 3.63) is 33.8 Å². The molecule has 0 unspecified atom stereocenters. The molecule has 0 spiro atoms. The molecule has 0 N–H and O–H groups in total. The van der Waals surface area contributed by atoms with Crippen LogP contribution >= 0.6 is 15.9 Å². The minimum Gasteiger partial charge on any atom is -0.166 e. The molecule has 0 aliphatic rings. The molecule has 0 aliphatic carbocycles. The summed E-state index contributed by atoms with van der Waals surface area (Å²) in [7, 11) is 0. The second-order valence-corrected chi connectivity index (χ2v) is 5.51. The van der Waals surface area contributed by atoms with E-state index in [0.717, 1.165) is 25.3 Å². The predicted molar refractivity (Wildman–Crippen MR) is 79.4 cm³/mol. The Kier molecular flexibility index (Phi) is 7.15. The first-order valence-electron chi connectivity index (χ1n) is 6.80. The van der Waals surface area contributed by atoms with Crippen molar-refractivity contribution in [1.82, 2.24) is 0 Å². The molecule has 0 heterocycles. The molecule has 0 saturated carbocycles. The van der Waals surface area contributed by atoms with Gasteiger partial charge < -0.3 is 0 Å². The van der Waals surface area contributed by atoms with Crippen LogP contribution in [-0.4, -0.2) is 0 Å². The van der Waals surface area contributed by atoms with Crippen LogP contribution in [0.15, 0.2) is 22.7 Å². The third-order valence-electron chi connectivity index (χ3n) is 2.91. The summed E-state index contributed by atoms with van der Waals surface area (Å²) in [6, 6.07) is 4.09. The fourth-order valence-corrected chi connectivity index (χ4v) is 2.27. The van der Waals surface area contributed by atoms with Gasteiger partial charge in [0.15, 0.2) is 0 Å². The largest absolute Gasteiger partial charge is 0.417 e. The van der Waals surface area contributed by atoms with E-state index in [4.69, 9.17) is 0 Å². The highest BCUT2D eigenvalue weighted by Crippen LogP contribution is 2.35. The average Bonchev–Trinajstić information content (AvgIpc) is 2.38. The van der Waals surface area contributed by atoms with Crippen LogP contribution in [0.1, 0.15) is 56.6 Å². The molecule has 1 aromatic carbocycles. The molecule has 110 valence electrons. The number of halogens is 4. The van der Waals surface area contributed by atoms with E-state index in [1.807, 2.05) is 0 Å². The predicted octanol–water partition coefficient (Wildman–Crippen LogP) is 6.18. The van der Waals surface area contributed by atoms with Crippen LogP contribution in [0, 0.1) is 11.8 Å². The summed E-state index contributed by atoms with van der Waals surface area (Å²) in [5.41, 5.74) is -0.263. The van der Waals surface area contributed by atoms with Gasteiger partial charge >= 0.3 is 6.18 Å². The van der Waals surface area contributed by atoms with E-state index in [-0.39, 0.29) is 4.47 Å². The van der Waals surface area contributed by atoms with E-state index in [0.29, 0.717) is 5.56 Å². The Morgan fingerprint density at radius 3 is 2.45 bits per heavy atom. The molecular formula is C16H18BrF3. The number of hydrogen-bond donors (Lipinski definition) is 0. The van der Waals surface area contributed by atoms with Crippen molar-refractivity contribution in [2.24, 2.45) is 0 Å². The highest BCUT2D eigenvalue weighted by Gasteiger charge is 2.32. The smallest absolute Gasteiger partial charge is 0.166 e. The number of rotatable bonds is 5. The van der Waals surface area contributed by atoms with Gasteiger partial charge in [0.25, 0.3) is 0 Å². The van der Waals surface area contributed by atoms with Crippen LogP contribution in [0.3, 0.4) is 0 Å². The first-order valence-corrected chi connectivity index (χ1v) is 7.60. The summed E-state index contributed by atoms with van der Waals surface area (Å²) in [4.78, 5) is 0. The number of alkyl halides is 3. The van der Waals surface area contributed by atoms with Gasteiger partial charge in [0.2, 0.25) is 0 Å². The van der Waals surface area contributed by atoms with Crippen molar-refractivity contribution in [1.29, 1.82) is 0 Å². The zero-order valence-corrected chi connectivity index (χ0v) is 13.1. The summed E-state index contributed by atoms with van der Waals surface area (Å²) in [5.74, 6) is 5.75. The second-order valence-electron chi connectivity index (χ2n) is 4.66. The van der Waals surface area contributed by atoms with Crippen molar-refractivity contribution >= 4 is 15.9 Å². The average molecular weight is 347 g/mol. The minimum atomic E-state index is -4.35. The summed E-state index contributed by atoms with van der Waals surface area (Å²) >= 11 is 2.92. The fourth-order valence-electron chi connectivity index (χ4n) is 1.80. The molecule has 0 bridgehead atoms. The lowest BCUT2D eigenvalue weighted by Crippen LogP contribution is -2.06. The van der Waals surface area contributed by atoms with Gasteiger partial charge in [-0.05, 0) is 24.6 Å². The van der Waals surface area contributed by atoms with E-state index >= 15 is 0 Å². The van der Waals surface area contributed by atoms with Gasteiger partial charge in [-0.1, -0.05) is 60.4 Å². The third-order valence-corrected chi connectivity index (χ3v) is 3.60. The molecule has 1 aromatic rings. The topological polar surface area (TPSA) is 0 Å². The zero-order valence-electron chi connectivity index (χ0n) is 11.5. The minimum absolute atomic E-state index is 0.0510. The molecular weight excluding hydrogens is 329 g/mol. The Labute approximate surface area is 126 Å². The highest BCUT2D eigenvalue weighted by atomic mass is 79.9. The Hall–Kier alpha value is -0.950. The van der Waals surface area contributed by atoms with Gasteiger partial charge in [-0.2, -0.15) is 13.2 Å². The standard InChI is InChI=1S/C16H18BrF3/c1-2-3-4-5-6-7-8-9-13-10-11-15(17)14(12-13)16(18,19)20/h10-12H,2-7H2,1H3. The van der Waals surface area contributed by atoms with Crippen LogP contribution in [0.2, 0.25) is 0 Å². The van der Waals surface area contributed by atoms with Gasteiger partial charge in [0.1, 0.15) is 0 Å². The summed E-state index contributed by atoms with van der Waals surface area (Å²) in [6.45, 7) is 2.16. The van der Waals surface area contributed by atoms with Gasteiger partial charge in [-0.3, -0.25) is 0 Å². The maximum Gasteiger partial charge on any atom is 0.417 e. The van der Waals surface area contributed by atoms with Gasteiger partial charge in [0, 0.05) is 16.5 Å². The van der Waals surface area contributed by atoms with Crippen molar-refractivity contribution in [3.63, 3.8) is 0 Å². The van der Waals surface area contributed by atoms with Crippen LogP contribution in [0.25, 0.3) is 0 Å². The van der Waals surface area contributed by atoms with E-state index in [9.17, 15) is 13.2 Å². The number of hydrogen-bond acceptors (Lipinski definition) is 0. The van der Waals surface area contributed by atoms with Gasteiger partial charge in [-0.25, -0.2) is 0 Å². The summed E-state index contributed by atoms with van der Waals surface area (Å²) < 4.78 is 38.2. The van der Waals surface area contributed by atoms with Crippen LogP contribution in [0.5, 0.6) is 0 Å². The molecule has 4 heteroatoms. The molecule has 0 aromatic heterocycles. The van der Waals surface area contributed by atoms with Crippen molar-refractivity contribution in [2.75, 3.05) is 0 Å². The van der Waals surface area contributed by atoms with E-state index in [1.165, 1.54) is 25.3 Å². The molecule has 0 fully saturated rings. The molecule has 0 radical (unpaired) electrons. The van der Waals surface area contributed by atoms with Crippen molar-refractivity contribution in [2.45, 2.75) is 51.6 Å². The molecule has 0 nitrogen and oxygen atoms in total. The Bertz CT molecular complexity index is 481. The first-order chi connectivity index (χ1) is 9.45. The summed E-state index contributed by atoms with van der Waals surface area (Å²) in [5, 5.41) is 0. The summed E-state index contributed by atoms with van der Waals surface area (Å²) in [6.07, 6.45) is 2.17. The van der Waals surface area contributed by atoms with Crippen molar-refractivity contribution in [3.8, 4) is 11.8 Å². The maximum absolute atomic E-state index is 12.7. The SMILES string of the molecule is CCCCCCCC#Cc1ccc(Br)c(C(F)(F)F)c1. The molecule has 0 atom stereocenters. The fraction of sp³-hybridized carbons (Fsp3) is 0.500. The monoisotopic (exact) mass is 346 g/mol. The number of benzene rings is 1. The lowest BCUT2D eigenvalue weighted by molar-refractivity contribution is -0.138. The molecule has 0 amide bonds. The Morgan fingerprint density at radius 1 is 1.10 bits per heavy atom. The lowest BCUT2D eigenvalue weighted by atomic mass is 10.1. The van der Waals surface area contributed by atoms with E-state index < -0.39 is 11.7 Å². The maximum atomic E-state index is 12.7. The molecule has 0 aliphatic heterocycles. The normalized spacial score (nSPS) is 11.1. The lowest BCUT2D eigenvalue weighted by Gasteiger charge is -2.08. The highest BCUT2D eigenvalue weighted by molar-refractivity contribution is 9.10. The molecule has 20 heavy (non-hydrogen) atoms. The van der Waals surface area contributed by atoms with E-state index in [2.05, 4.69) is 34.7 Å². The Balaban J connectivity index is 2.57. The number of unbranched alkanes of at least 4 members (excludes halogenated alkanes) is 5. The zero-order chi connectivity index (χ0) is 15.0. The van der Waals surface area contributed by atoms with E-state index in [1.54, 1.807) is 6.07 Å². The van der Waals surface area contributed by atoms with Gasteiger partial charge in [0.05, 0.1) is 5.56 Å². The molecule has 0 saturated heterocycles. The second kappa shape index (κ2) is 8.36. The quantitative estimate of drug-likeness (QED) is 0.441. The van der Waals surface area contributed by atoms with Crippen LogP contribution < -0.4 is 0 Å².